The van der Waals surface area contributed by atoms with Crippen LogP contribution < -0.4 is 16.5 Å². The number of rotatable bonds is 4. The summed E-state index contributed by atoms with van der Waals surface area (Å²) in [6.45, 7) is 3.66. The maximum atomic E-state index is 14.1. The SMILES string of the molecule is Cc1nc(C#Cc2cccc3oc([C@@H](C)NC(=O)c4c(N)nn5cccnc45)c(-c4ccccc4)c(=O)c23)cs1. The van der Waals surface area contributed by atoms with E-state index in [0.29, 0.717) is 44.8 Å². The minimum Gasteiger partial charge on any atom is -0.458 e. The number of aromatic nitrogens is 4. The van der Waals surface area contributed by atoms with Crippen LogP contribution in [0, 0.1) is 18.8 Å². The molecule has 0 bridgehead atoms. The number of hydrogen-bond donors (Lipinski definition) is 2. The highest BCUT2D eigenvalue weighted by Gasteiger charge is 2.26. The Morgan fingerprint density at radius 2 is 1.95 bits per heavy atom. The number of amides is 1. The van der Waals surface area contributed by atoms with Crippen molar-refractivity contribution in [3.8, 4) is 23.0 Å². The molecule has 0 aliphatic rings. The summed E-state index contributed by atoms with van der Waals surface area (Å²) in [6, 6.07) is 15.5. The van der Waals surface area contributed by atoms with Gasteiger partial charge in [0.1, 0.15) is 22.6 Å². The first kappa shape index (κ1) is 25.0. The van der Waals surface area contributed by atoms with Crippen molar-refractivity contribution in [2.75, 3.05) is 5.73 Å². The van der Waals surface area contributed by atoms with Crippen LogP contribution in [0.2, 0.25) is 0 Å². The van der Waals surface area contributed by atoms with Crippen LogP contribution >= 0.6 is 11.3 Å². The lowest BCUT2D eigenvalue weighted by molar-refractivity contribution is 0.0938. The monoisotopic (exact) mass is 546 g/mol. The molecule has 0 spiro atoms. The molecule has 4 heterocycles. The molecular weight excluding hydrogens is 524 g/mol. The van der Waals surface area contributed by atoms with Gasteiger partial charge in [-0.05, 0) is 43.5 Å². The van der Waals surface area contributed by atoms with Gasteiger partial charge in [-0.25, -0.2) is 14.5 Å². The number of carbonyl (C=O) groups is 1. The fraction of sp³-hybridized carbons (Fsp3) is 0.100. The first-order valence-corrected chi connectivity index (χ1v) is 13.3. The lowest BCUT2D eigenvalue weighted by Gasteiger charge is -2.18. The zero-order valence-corrected chi connectivity index (χ0v) is 22.3. The summed E-state index contributed by atoms with van der Waals surface area (Å²) in [5, 5.41) is 10.2. The largest absolute Gasteiger partial charge is 0.458 e. The van der Waals surface area contributed by atoms with Crippen molar-refractivity contribution in [2.24, 2.45) is 0 Å². The molecule has 0 saturated heterocycles. The van der Waals surface area contributed by atoms with Gasteiger partial charge in [0, 0.05) is 23.3 Å². The topological polar surface area (TPSA) is 128 Å². The Balaban J connectivity index is 1.48. The van der Waals surface area contributed by atoms with E-state index in [1.54, 1.807) is 43.6 Å². The molecule has 6 aromatic rings. The first-order valence-electron chi connectivity index (χ1n) is 12.4. The van der Waals surface area contributed by atoms with Crippen LogP contribution in [0.5, 0.6) is 0 Å². The van der Waals surface area contributed by atoms with Crippen molar-refractivity contribution in [3.05, 3.63) is 110 Å². The van der Waals surface area contributed by atoms with Crippen molar-refractivity contribution in [1.29, 1.82) is 0 Å². The molecular formula is C30H22N6O3S. The predicted molar refractivity (Wildman–Crippen MR) is 154 cm³/mol. The molecule has 4 aromatic heterocycles. The summed E-state index contributed by atoms with van der Waals surface area (Å²) in [5.74, 6) is 6.00. The van der Waals surface area contributed by atoms with Crippen molar-refractivity contribution in [2.45, 2.75) is 19.9 Å². The van der Waals surface area contributed by atoms with Gasteiger partial charge in [0.25, 0.3) is 5.91 Å². The van der Waals surface area contributed by atoms with Crippen LogP contribution in [0.4, 0.5) is 5.82 Å². The zero-order valence-electron chi connectivity index (χ0n) is 21.5. The number of benzene rings is 2. The number of nitrogens with one attached hydrogen (secondary N) is 1. The Labute approximate surface area is 232 Å². The molecule has 9 nitrogen and oxygen atoms in total. The number of nitrogens with two attached hydrogens (primary N) is 1. The average molecular weight is 547 g/mol. The van der Waals surface area contributed by atoms with Crippen molar-refractivity contribution in [3.63, 3.8) is 0 Å². The highest BCUT2D eigenvalue weighted by atomic mass is 32.1. The maximum Gasteiger partial charge on any atom is 0.259 e. The lowest BCUT2D eigenvalue weighted by Crippen LogP contribution is -2.28. The van der Waals surface area contributed by atoms with Crippen molar-refractivity contribution in [1.82, 2.24) is 24.9 Å². The summed E-state index contributed by atoms with van der Waals surface area (Å²) in [7, 11) is 0. The average Bonchev–Trinajstić information content (AvgIpc) is 3.53. The molecule has 1 amide bonds. The number of carbonyl (C=O) groups excluding carboxylic acids is 1. The van der Waals surface area contributed by atoms with Gasteiger partial charge in [-0.3, -0.25) is 9.59 Å². The van der Waals surface area contributed by atoms with E-state index in [4.69, 9.17) is 10.2 Å². The van der Waals surface area contributed by atoms with Crippen LogP contribution in [-0.4, -0.2) is 25.5 Å². The minimum absolute atomic E-state index is 0.0465. The second kappa shape index (κ2) is 10.1. The van der Waals surface area contributed by atoms with E-state index in [0.717, 1.165) is 5.01 Å². The molecule has 40 heavy (non-hydrogen) atoms. The number of nitrogens with zero attached hydrogens (tertiary/aromatic N) is 4. The highest BCUT2D eigenvalue weighted by Crippen LogP contribution is 2.30. The first-order chi connectivity index (χ1) is 19.4. The van der Waals surface area contributed by atoms with Gasteiger partial charge in [-0.1, -0.05) is 42.3 Å². The van der Waals surface area contributed by atoms with Crippen LogP contribution in [0.1, 0.15) is 45.3 Å². The molecule has 3 N–H and O–H groups in total. The predicted octanol–water partition coefficient (Wildman–Crippen LogP) is 4.74. The molecule has 0 fully saturated rings. The summed E-state index contributed by atoms with van der Waals surface area (Å²) in [6.07, 6.45) is 3.22. The Bertz CT molecular complexity index is 2030. The third kappa shape index (κ3) is 4.48. The zero-order chi connectivity index (χ0) is 27.8. The van der Waals surface area contributed by atoms with E-state index in [-0.39, 0.29) is 16.8 Å². The number of thiazole rings is 1. The van der Waals surface area contributed by atoms with Gasteiger partial charge in [0.05, 0.1) is 22.0 Å². The van der Waals surface area contributed by atoms with Gasteiger partial charge in [0.15, 0.2) is 11.5 Å². The van der Waals surface area contributed by atoms with E-state index in [1.165, 1.54) is 15.9 Å². The van der Waals surface area contributed by atoms with Crippen molar-refractivity contribution < 1.29 is 9.21 Å². The molecule has 0 saturated carbocycles. The van der Waals surface area contributed by atoms with E-state index in [9.17, 15) is 9.59 Å². The summed E-state index contributed by atoms with van der Waals surface area (Å²) < 4.78 is 7.80. The maximum absolute atomic E-state index is 14.1. The van der Waals surface area contributed by atoms with E-state index >= 15 is 0 Å². The van der Waals surface area contributed by atoms with Crippen LogP contribution in [0.3, 0.4) is 0 Å². The smallest absolute Gasteiger partial charge is 0.259 e. The fourth-order valence-electron chi connectivity index (χ4n) is 4.55. The Kier molecular flexibility index (Phi) is 6.34. The second-order valence-corrected chi connectivity index (χ2v) is 10.1. The van der Waals surface area contributed by atoms with Gasteiger partial charge >= 0.3 is 0 Å². The lowest BCUT2D eigenvalue weighted by atomic mass is 9.97. The Morgan fingerprint density at radius 3 is 2.73 bits per heavy atom. The highest BCUT2D eigenvalue weighted by molar-refractivity contribution is 7.09. The Morgan fingerprint density at radius 1 is 1.12 bits per heavy atom. The van der Waals surface area contributed by atoms with Gasteiger partial charge in [-0.15, -0.1) is 16.4 Å². The normalized spacial score (nSPS) is 11.8. The van der Waals surface area contributed by atoms with Crippen LogP contribution in [0.25, 0.3) is 27.7 Å². The molecule has 1 atom stereocenters. The molecule has 10 heteroatoms. The van der Waals surface area contributed by atoms with E-state index in [1.807, 2.05) is 42.6 Å². The third-order valence-corrected chi connectivity index (χ3v) is 7.12. The standard InChI is InChI=1S/C30H22N6O3S/c1-17(33-30(38)25-28(31)35-36-15-7-14-32-29(25)36)27-24(19-8-4-3-5-9-19)26(37)23-20(10-6-11-22(23)39-27)12-13-21-16-40-18(2)34-21/h3-11,14-17H,1-2H3,(H2,31,35)(H,33,38)/t17-/m1/s1. The molecule has 0 radical (unpaired) electrons. The van der Waals surface area contributed by atoms with Crippen LogP contribution in [0.15, 0.2) is 81.6 Å². The van der Waals surface area contributed by atoms with E-state index in [2.05, 4.69) is 32.2 Å². The number of aryl methyl sites for hydroxylation is 1. The summed E-state index contributed by atoms with van der Waals surface area (Å²) in [5.41, 5.74) is 8.80. The van der Waals surface area contributed by atoms with Gasteiger partial charge < -0.3 is 15.5 Å². The number of nitrogen functional groups attached to an aromatic ring is 1. The number of hydrogen-bond acceptors (Lipinski definition) is 8. The number of anilines is 1. The third-order valence-electron chi connectivity index (χ3n) is 6.34. The van der Waals surface area contributed by atoms with Crippen LogP contribution in [-0.2, 0) is 0 Å². The molecule has 2 aromatic carbocycles. The molecule has 0 unspecified atom stereocenters. The quantitative estimate of drug-likeness (QED) is 0.306. The Hall–Kier alpha value is -5.27. The van der Waals surface area contributed by atoms with Gasteiger partial charge in [-0.2, -0.15) is 0 Å². The molecule has 196 valence electrons. The fourth-order valence-corrected chi connectivity index (χ4v) is 5.10. The molecule has 6 rings (SSSR count). The van der Waals surface area contributed by atoms with Gasteiger partial charge in [0.2, 0.25) is 5.43 Å². The second-order valence-electron chi connectivity index (χ2n) is 9.06. The summed E-state index contributed by atoms with van der Waals surface area (Å²) in [4.78, 5) is 36.1. The van der Waals surface area contributed by atoms with Crippen molar-refractivity contribution >= 4 is 39.7 Å². The van der Waals surface area contributed by atoms with E-state index < -0.39 is 11.9 Å². The molecule has 0 aliphatic heterocycles. The minimum atomic E-state index is -0.703. The molecule has 0 aliphatic carbocycles. The summed E-state index contributed by atoms with van der Waals surface area (Å²) >= 11 is 1.51. The number of fused-ring (bicyclic) bond motifs is 2.